The lowest BCUT2D eigenvalue weighted by molar-refractivity contribution is 0.577. The number of rotatable bonds is 7. The van der Waals surface area contributed by atoms with Crippen molar-refractivity contribution in [2.45, 2.75) is 58.8 Å². The molecule has 1 atom stereocenters. The highest BCUT2D eigenvalue weighted by Crippen LogP contribution is 2.35. The van der Waals surface area contributed by atoms with Gasteiger partial charge < -0.3 is 5.73 Å². The summed E-state index contributed by atoms with van der Waals surface area (Å²) in [7, 11) is 0. The molecule has 1 aromatic carbocycles. The van der Waals surface area contributed by atoms with Gasteiger partial charge in [-0.15, -0.1) is 10.2 Å². The topological polar surface area (TPSA) is 64.7 Å². The minimum absolute atomic E-state index is 0.407. The van der Waals surface area contributed by atoms with Crippen LogP contribution in [0.4, 0.5) is 5.82 Å². The van der Waals surface area contributed by atoms with E-state index in [9.17, 15) is 0 Å². The van der Waals surface area contributed by atoms with Gasteiger partial charge in [0.2, 0.25) is 0 Å². The van der Waals surface area contributed by atoms with E-state index < -0.39 is 0 Å². The van der Waals surface area contributed by atoms with Crippen LogP contribution in [0.2, 0.25) is 0 Å². The summed E-state index contributed by atoms with van der Waals surface area (Å²) in [5.41, 5.74) is 10.4. The number of nitrogens with zero attached hydrogens (tertiary/aromatic N) is 3. The van der Waals surface area contributed by atoms with E-state index in [1.54, 1.807) is 0 Å². The molecule has 2 aromatic heterocycles. The molecule has 0 aliphatic heterocycles. The number of hydrogen-bond acceptors (Lipinski definition) is 4. The van der Waals surface area contributed by atoms with Crippen LogP contribution in [0.5, 0.6) is 0 Å². The highest BCUT2D eigenvalue weighted by Gasteiger charge is 2.19. The first kappa shape index (κ1) is 18.3. The molecule has 1 unspecified atom stereocenters. The molecular weight excluding hydrogens is 320 g/mol. The molecule has 0 saturated heterocycles. The summed E-state index contributed by atoms with van der Waals surface area (Å²) in [6.45, 7) is 6.59. The van der Waals surface area contributed by atoms with Gasteiger partial charge in [0.05, 0.1) is 5.69 Å². The minimum atomic E-state index is 0.407. The van der Waals surface area contributed by atoms with Crippen LogP contribution in [0, 0.1) is 6.92 Å². The van der Waals surface area contributed by atoms with Crippen LogP contribution < -0.4 is 5.73 Å². The zero-order chi connectivity index (χ0) is 18.5. The highest BCUT2D eigenvalue weighted by atomic mass is 15.1. The third-order valence-electron chi connectivity index (χ3n) is 5.20. The number of nitrogens with two attached hydrogens (primary N) is 1. The van der Waals surface area contributed by atoms with E-state index >= 15 is 0 Å². The molecule has 26 heavy (non-hydrogen) atoms. The zero-order valence-electron chi connectivity index (χ0n) is 16.0. The lowest BCUT2D eigenvalue weighted by Gasteiger charge is -2.19. The molecule has 0 spiro atoms. The Kier molecular flexibility index (Phi) is 5.82. The summed E-state index contributed by atoms with van der Waals surface area (Å²) in [6.07, 6.45) is 9.93. The van der Waals surface area contributed by atoms with Crippen LogP contribution in [0.15, 0.2) is 36.7 Å². The van der Waals surface area contributed by atoms with Crippen LogP contribution in [-0.4, -0.2) is 15.2 Å². The van der Waals surface area contributed by atoms with Gasteiger partial charge in [0.25, 0.3) is 0 Å². The second kappa shape index (κ2) is 8.26. The quantitative estimate of drug-likeness (QED) is 0.560. The van der Waals surface area contributed by atoms with Crippen molar-refractivity contribution in [2.24, 2.45) is 0 Å². The van der Waals surface area contributed by atoms with Gasteiger partial charge >= 0.3 is 0 Å². The van der Waals surface area contributed by atoms with Crippen molar-refractivity contribution in [2.75, 3.05) is 5.73 Å². The molecule has 0 saturated carbocycles. The average molecular weight is 348 g/mol. The van der Waals surface area contributed by atoms with Gasteiger partial charge in [0.1, 0.15) is 5.82 Å². The first-order valence-corrected chi connectivity index (χ1v) is 9.58. The molecule has 0 bridgehead atoms. The van der Waals surface area contributed by atoms with Crippen molar-refractivity contribution in [1.29, 1.82) is 0 Å². The molecule has 0 aliphatic rings. The molecule has 3 aromatic rings. The largest absolute Gasteiger partial charge is 0.382 e. The molecule has 4 heteroatoms. The monoisotopic (exact) mass is 348 g/mol. The molecule has 3 rings (SSSR count). The van der Waals surface area contributed by atoms with Crippen LogP contribution >= 0.6 is 0 Å². The third kappa shape index (κ3) is 3.85. The molecular formula is C22H28N4. The number of benzene rings is 1. The van der Waals surface area contributed by atoms with Gasteiger partial charge in [-0.25, -0.2) is 0 Å². The summed E-state index contributed by atoms with van der Waals surface area (Å²) in [4.78, 5) is 4.24. The zero-order valence-corrected chi connectivity index (χ0v) is 16.0. The summed E-state index contributed by atoms with van der Waals surface area (Å²) in [5.74, 6) is 0.941. The fourth-order valence-corrected chi connectivity index (χ4v) is 3.62. The molecule has 0 aliphatic carbocycles. The maximum atomic E-state index is 6.09. The fraction of sp³-hybridized carbons (Fsp3) is 0.409. The molecule has 2 N–H and O–H groups in total. The van der Waals surface area contributed by atoms with E-state index in [1.165, 1.54) is 36.6 Å². The molecule has 136 valence electrons. The van der Waals surface area contributed by atoms with E-state index in [0.29, 0.717) is 11.7 Å². The number of hydrogen-bond donors (Lipinski definition) is 1. The van der Waals surface area contributed by atoms with E-state index in [4.69, 9.17) is 5.73 Å². The third-order valence-corrected chi connectivity index (χ3v) is 5.20. The molecule has 4 nitrogen and oxygen atoms in total. The number of aromatic nitrogens is 3. The summed E-state index contributed by atoms with van der Waals surface area (Å²) in [5, 5.41) is 11.0. The summed E-state index contributed by atoms with van der Waals surface area (Å²) in [6, 6.07) is 8.41. The number of unbranched alkanes of at least 4 members (excludes halogenated alkanes) is 3. The van der Waals surface area contributed by atoms with Crippen LogP contribution in [0.3, 0.4) is 0 Å². The molecule has 0 fully saturated rings. The van der Waals surface area contributed by atoms with Crippen molar-refractivity contribution in [3.8, 4) is 11.3 Å². The van der Waals surface area contributed by atoms with Crippen LogP contribution in [0.25, 0.3) is 22.0 Å². The van der Waals surface area contributed by atoms with Crippen molar-refractivity contribution in [1.82, 2.24) is 15.2 Å². The Morgan fingerprint density at radius 2 is 1.88 bits per heavy atom. The van der Waals surface area contributed by atoms with E-state index in [1.807, 2.05) is 18.5 Å². The normalized spacial score (nSPS) is 12.4. The number of nitrogen functional groups attached to an aromatic ring is 1. The predicted octanol–water partition coefficient (Wildman–Crippen LogP) is 5.66. The van der Waals surface area contributed by atoms with Crippen molar-refractivity contribution < 1.29 is 0 Å². The standard InChI is InChI=1S/C22H28N4/c1-4-5-6-7-8-15(2)20-16(3)22(23)26-25-21(20)18-10-9-17-11-12-24-14-19(17)13-18/h9-15H,4-8H2,1-3H3,(H2,23,26). The minimum Gasteiger partial charge on any atom is -0.382 e. The molecule has 0 radical (unpaired) electrons. The first-order chi connectivity index (χ1) is 12.6. The lowest BCUT2D eigenvalue weighted by Crippen LogP contribution is -2.08. The Morgan fingerprint density at radius 3 is 2.69 bits per heavy atom. The van der Waals surface area contributed by atoms with E-state index in [0.717, 1.165) is 28.6 Å². The van der Waals surface area contributed by atoms with Gasteiger partial charge in [0, 0.05) is 23.3 Å². The van der Waals surface area contributed by atoms with E-state index in [-0.39, 0.29) is 0 Å². The van der Waals surface area contributed by atoms with Crippen molar-refractivity contribution in [3.05, 3.63) is 47.8 Å². The number of fused-ring (bicyclic) bond motifs is 1. The van der Waals surface area contributed by atoms with Crippen molar-refractivity contribution >= 4 is 16.6 Å². The van der Waals surface area contributed by atoms with Gasteiger partial charge in [-0.1, -0.05) is 51.7 Å². The summed E-state index contributed by atoms with van der Waals surface area (Å²) < 4.78 is 0. The first-order valence-electron chi connectivity index (χ1n) is 9.58. The highest BCUT2D eigenvalue weighted by molar-refractivity contribution is 5.86. The number of pyridine rings is 1. The van der Waals surface area contributed by atoms with Crippen molar-refractivity contribution in [3.63, 3.8) is 0 Å². The smallest absolute Gasteiger partial charge is 0.149 e. The Hall–Kier alpha value is -2.49. The average Bonchev–Trinajstić information content (AvgIpc) is 2.66. The maximum absolute atomic E-state index is 6.09. The van der Waals surface area contributed by atoms with Gasteiger partial charge in [-0.05, 0) is 47.9 Å². The predicted molar refractivity (Wildman–Crippen MR) is 109 cm³/mol. The van der Waals surface area contributed by atoms with Gasteiger partial charge in [-0.2, -0.15) is 0 Å². The Bertz CT molecular complexity index is 888. The van der Waals surface area contributed by atoms with E-state index in [2.05, 4.69) is 54.2 Å². The van der Waals surface area contributed by atoms with Gasteiger partial charge in [-0.3, -0.25) is 4.98 Å². The van der Waals surface area contributed by atoms with Crippen LogP contribution in [-0.2, 0) is 0 Å². The summed E-state index contributed by atoms with van der Waals surface area (Å²) >= 11 is 0. The Morgan fingerprint density at radius 1 is 1.04 bits per heavy atom. The second-order valence-corrected chi connectivity index (χ2v) is 7.16. The number of anilines is 1. The lowest BCUT2D eigenvalue weighted by atomic mass is 9.88. The molecule has 0 amide bonds. The van der Waals surface area contributed by atoms with Crippen LogP contribution in [0.1, 0.15) is 63.0 Å². The fourth-order valence-electron chi connectivity index (χ4n) is 3.62. The van der Waals surface area contributed by atoms with Gasteiger partial charge in [0.15, 0.2) is 0 Å². The molecule has 2 heterocycles. The Labute approximate surface area is 155 Å². The second-order valence-electron chi connectivity index (χ2n) is 7.16. The SMILES string of the molecule is CCCCCCC(C)c1c(-c2ccc3ccncc3c2)nnc(N)c1C. The Balaban J connectivity index is 1.99. The maximum Gasteiger partial charge on any atom is 0.149 e.